The van der Waals surface area contributed by atoms with Crippen LogP contribution in [0.1, 0.15) is 18.7 Å². The highest BCUT2D eigenvalue weighted by atomic mass is 32.1. The lowest BCUT2D eigenvalue weighted by atomic mass is 10.1. The summed E-state index contributed by atoms with van der Waals surface area (Å²) < 4.78 is 0. The zero-order valence-corrected chi connectivity index (χ0v) is 8.40. The average Bonchev–Trinajstić information content (AvgIpc) is 2.30. The topological polar surface area (TPSA) is 45.2 Å². The molecule has 0 aromatic carbocycles. The molecule has 2 N–H and O–H groups in total. The number of hydrogen-bond acceptors (Lipinski definition) is 4. The van der Waals surface area contributed by atoms with Gasteiger partial charge in [0, 0.05) is 17.6 Å². The van der Waals surface area contributed by atoms with Gasteiger partial charge in [-0.15, -0.1) is 11.3 Å². The molecule has 0 unspecified atom stereocenters. The molecular formula is C8H14N2OS. The third kappa shape index (κ3) is 3.19. The van der Waals surface area contributed by atoms with Gasteiger partial charge in [-0.2, -0.15) is 0 Å². The van der Waals surface area contributed by atoms with Crippen LogP contribution in [0, 0.1) is 6.92 Å². The Morgan fingerprint density at radius 3 is 2.75 bits per heavy atom. The number of anilines is 1. The van der Waals surface area contributed by atoms with Crippen LogP contribution < -0.4 is 5.32 Å². The molecule has 0 radical (unpaired) electrons. The Labute approximate surface area is 76.5 Å². The molecule has 12 heavy (non-hydrogen) atoms. The van der Waals surface area contributed by atoms with E-state index in [9.17, 15) is 5.11 Å². The van der Waals surface area contributed by atoms with Crippen molar-refractivity contribution in [2.75, 3.05) is 11.9 Å². The lowest BCUT2D eigenvalue weighted by Gasteiger charge is -2.16. The third-order valence-electron chi connectivity index (χ3n) is 1.29. The van der Waals surface area contributed by atoms with Crippen LogP contribution in [0.5, 0.6) is 0 Å². The Bertz CT molecular complexity index is 252. The molecule has 0 aliphatic carbocycles. The number of aryl methyl sites for hydroxylation is 1. The van der Waals surface area contributed by atoms with Gasteiger partial charge in [-0.05, 0) is 20.8 Å². The van der Waals surface area contributed by atoms with Crippen LogP contribution >= 0.6 is 11.3 Å². The smallest absolute Gasteiger partial charge is 0.182 e. The van der Waals surface area contributed by atoms with Crippen LogP contribution in [0.2, 0.25) is 0 Å². The van der Waals surface area contributed by atoms with Crippen LogP contribution in [0.25, 0.3) is 0 Å². The Morgan fingerprint density at radius 2 is 2.33 bits per heavy atom. The Balaban J connectivity index is 2.44. The van der Waals surface area contributed by atoms with Crippen molar-refractivity contribution in [3.63, 3.8) is 0 Å². The first-order valence-electron chi connectivity index (χ1n) is 3.86. The summed E-state index contributed by atoms with van der Waals surface area (Å²) in [4.78, 5) is 5.29. The van der Waals surface area contributed by atoms with E-state index in [-0.39, 0.29) is 0 Å². The molecule has 0 saturated heterocycles. The maximum absolute atomic E-state index is 9.40. The fourth-order valence-electron chi connectivity index (χ4n) is 0.728. The van der Waals surface area contributed by atoms with Gasteiger partial charge in [0.05, 0.1) is 5.60 Å². The minimum absolute atomic E-state index is 0.528. The highest BCUT2D eigenvalue weighted by molar-refractivity contribution is 7.15. The summed E-state index contributed by atoms with van der Waals surface area (Å²) in [6.45, 7) is 6.06. The van der Waals surface area contributed by atoms with Crippen LogP contribution in [-0.2, 0) is 0 Å². The number of aliphatic hydroxyl groups is 1. The van der Waals surface area contributed by atoms with Crippen molar-refractivity contribution >= 4 is 16.5 Å². The maximum Gasteiger partial charge on any atom is 0.182 e. The van der Waals surface area contributed by atoms with Gasteiger partial charge in [0.15, 0.2) is 5.13 Å². The first-order chi connectivity index (χ1) is 5.47. The van der Waals surface area contributed by atoms with Crippen LogP contribution in [-0.4, -0.2) is 22.2 Å². The molecule has 1 aromatic heterocycles. The first-order valence-corrected chi connectivity index (χ1v) is 4.68. The molecule has 0 atom stereocenters. The van der Waals surface area contributed by atoms with Crippen molar-refractivity contribution in [3.05, 3.63) is 11.1 Å². The predicted molar refractivity (Wildman–Crippen MR) is 51.6 cm³/mol. The van der Waals surface area contributed by atoms with Gasteiger partial charge in [0.1, 0.15) is 0 Å². The zero-order chi connectivity index (χ0) is 9.19. The normalized spacial score (nSPS) is 11.7. The van der Waals surface area contributed by atoms with Gasteiger partial charge in [0.25, 0.3) is 0 Å². The molecule has 0 saturated carbocycles. The molecule has 0 bridgehead atoms. The fraction of sp³-hybridized carbons (Fsp3) is 0.625. The monoisotopic (exact) mass is 186 g/mol. The lowest BCUT2D eigenvalue weighted by Crippen LogP contribution is -2.29. The summed E-state index contributed by atoms with van der Waals surface area (Å²) >= 11 is 1.60. The zero-order valence-electron chi connectivity index (χ0n) is 7.59. The molecule has 0 spiro atoms. The van der Waals surface area contributed by atoms with E-state index in [1.165, 1.54) is 4.88 Å². The van der Waals surface area contributed by atoms with Gasteiger partial charge in [-0.1, -0.05) is 0 Å². The summed E-state index contributed by atoms with van der Waals surface area (Å²) in [6.07, 6.45) is 1.82. The standard InChI is InChI=1S/C8H14N2OS/c1-6-4-9-7(12-6)10-5-8(2,3)11/h4,11H,5H2,1-3H3,(H,9,10). The molecule has 1 heterocycles. The van der Waals surface area contributed by atoms with Crippen LogP contribution in [0.3, 0.4) is 0 Å². The summed E-state index contributed by atoms with van der Waals surface area (Å²) in [7, 11) is 0. The fourth-order valence-corrected chi connectivity index (χ4v) is 1.39. The summed E-state index contributed by atoms with van der Waals surface area (Å²) in [5.41, 5.74) is -0.681. The average molecular weight is 186 g/mol. The molecule has 68 valence electrons. The van der Waals surface area contributed by atoms with Gasteiger partial charge in [0.2, 0.25) is 0 Å². The van der Waals surface area contributed by atoms with Gasteiger partial charge < -0.3 is 10.4 Å². The molecule has 1 rings (SSSR count). The maximum atomic E-state index is 9.40. The van der Waals surface area contributed by atoms with E-state index in [2.05, 4.69) is 10.3 Å². The van der Waals surface area contributed by atoms with E-state index in [0.717, 1.165) is 5.13 Å². The van der Waals surface area contributed by atoms with Crippen molar-refractivity contribution < 1.29 is 5.11 Å². The minimum Gasteiger partial charge on any atom is -0.389 e. The summed E-state index contributed by atoms with van der Waals surface area (Å²) in [5.74, 6) is 0. The van der Waals surface area contributed by atoms with Crippen molar-refractivity contribution in [2.45, 2.75) is 26.4 Å². The third-order valence-corrected chi connectivity index (χ3v) is 2.16. The summed E-state index contributed by atoms with van der Waals surface area (Å²) in [6, 6.07) is 0. The molecule has 0 fully saturated rings. The molecule has 4 heteroatoms. The van der Waals surface area contributed by atoms with Crippen molar-refractivity contribution in [3.8, 4) is 0 Å². The van der Waals surface area contributed by atoms with E-state index >= 15 is 0 Å². The van der Waals surface area contributed by atoms with Crippen molar-refractivity contribution in [1.82, 2.24) is 4.98 Å². The highest BCUT2D eigenvalue weighted by Gasteiger charge is 2.12. The number of nitrogens with zero attached hydrogens (tertiary/aromatic N) is 1. The number of aromatic nitrogens is 1. The molecule has 0 aliphatic heterocycles. The van der Waals surface area contributed by atoms with Gasteiger partial charge in [-0.25, -0.2) is 4.98 Å². The van der Waals surface area contributed by atoms with Crippen molar-refractivity contribution in [2.24, 2.45) is 0 Å². The van der Waals surface area contributed by atoms with E-state index in [1.54, 1.807) is 25.2 Å². The lowest BCUT2D eigenvalue weighted by molar-refractivity contribution is 0.0945. The van der Waals surface area contributed by atoms with E-state index in [4.69, 9.17) is 0 Å². The van der Waals surface area contributed by atoms with Crippen LogP contribution in [0.4, 0.5) is 5.13 Å². The Morgan fingerprint density at radius 1 is 1.67 bits per heavy atom. The first kappa shape index (κ1) is 9.48. The molecule has 0 aliphatic rings. The Kier molecular flexibility index (Phi) is 2.69. The quantitative estimate of drug-likeness (QED) is 0.754. The second-order valence-corrected chi connectivity index (χ2v) is 4.68. The van der Waals surface area contributed by atoms with Gasteiger partial charge >= 0.3 is 0 Å². The molecule has 1 aromatic rings. The van der Waals surface area contributed by atoms with Gasteiger partial charge in [-0.3, -0.25) is 0 Å². The highest BCUT2D eigenvalue weighted by Crippen LogP contribution is 2.17. The predicted octanol–water partition coefficient (Wildman–Crippen LogP) is 1.63. The van der Waals surface area contributed by atoms with E-state index in [1.807, 2.05) is 13.1 Å². The number of nitrogens with one attached hydrogen (secondary N) is 1. The second-order valence-electron chi connectivity index (χ2n) is 3.44. The summed E-state index contributed by atoms with van der Waals surface area (Å²) in [5, 5.41) is 13.3. The second kappa shape index (κ2) is 3.41. The largest absolute Gasteiger partial charge is 0.389 e. The molecular weight excluding hydrogens is 172 g/mol. The van der Waals surface area contributed by atoms with E-state index in [0.29, 0.717) is 6.54 Å². The SMILES string of the molecule is Cc1cnc(NCC(C)(C)O)s1. The Hall–Kier alpha value is -0.610. The van der Waals surface area contributed by atoms with Crippen molar-refractivity contribution in [1.29, 1.82) is 0 Å². The number of thiazole rings is 1. The number of hydrogen-bond donors (Lipinski definition) is 2. The van der Waals surface area contributed by atoms with E-state index < -0.39 is 5.60 Å². The molecule has 0 amide bonds. The van der Waals surface area contributed by atoms with Crippen LogP contribution in [0.15, 0.2) is 6.20 Å². The molecule has 3 nitrogen and oxygen atoms in total. The number of rotatable bonds is 3. The minimum atomic E-state index is -0.681.